The second-order valence-corrected chi connectivity index (χ2v) is 7.65. The Morgan fingerprint density at radius 1 is 0.741 bits per heavy atom. The molecule has 1 aliphatic rings. The molecule has 0 radical (unpaired) electrons. The van der Waals surface area contributed by atoms with Gasteiger partial charge in [-0.25, -0.2) is 0 Å². The van der Waals surface area contributed by atoms with Crippen LogP contribution in [0.3, 0.4) is 0 Å². The number of rotatable bonds is 4. The van der Waals surface area contributed by atoms with E-state index in [1.165, 1.54) is 4.90 Å². The molecular weight excluding hydrogens is 381 g/mol. The minimum Gasteiger partial charge on any atom is -0.291 e. The van der Waals surface area contributed by atoms with Gasteiger partial charge < -0.3 is 0 Å². The van der Waals surface area contributed by atoms with Crippen molar-refractivity contribution in [3.05, 3.63) is 102 Å². The van der Waals surface area contributed by atoms with Crippen molar-refractivity contribution >= 4 is 40.6 Å². The summed E-state index contributed by atoms with van der Waals surface area (Å²) >= 11 is 13.1. The van der Waals surface area contributed by atoms with Crippen molar-refractivity contribution in [1.29, 1.82) is 0 Å². The van der Waals surface area contributed by atoms with E-state index in [2.05, 4.69) is 0 Å². The van der Waals surface area contributed by atoms with Crippen LogP contribution in [0.1, 0.15) is 15.9 Å². The number of Topliss-reactive ketones (excluding diaryl/α,β-unsaturated/α-hetero) is 1. The Kier molecular flexibility index (Phi) is 4.29. The van der Waals surface area contributed by atoms with Crippen LogP contribution < -0.4 is 4.90 Å². The van der Waals surface area contributed by atoms with E-state index in [1.54, 1.807) is 72.8 Å². The quantitative estimate of drug-likeness (QED) is 0.354. The van der Waals surface area contributed by atoms with Crippen LogP contribution in [-0.4, -0.2) is 16.0 Å². The van der Waals surface area contributed by atoms with Crippen LogP contribution in [0.25, 0.3) is 0 Å². The first-order valence-corrected chi connectivity index (χ1v) is 9.20. The highest BCUT2D eigenvalue weighted by molar-refractivity contribution is 6.65. The lowest BCUT2D eigenvalue weighted by atomic mass is 9.71. The van der Waals surface area contributed by atoms with Gasteiger partial charge in [-0.3, -0.25) is 14.5 Å². The highest BCUT2D eigenvalue weighted by Gasteiger charge is 2.75. The van der Waals surface area contributed by atoms with Gasteiger partial charge in [-0.1, -0.05) is 102 Å². The molecule has 1 unspecified atom stereocenters. The van der Waals surface area contributed by atoms with Crippen LogP contribution in [0.2, 0.25) is 0 Å². The van der Waals surface area contributed by atoms with Crippen molar-refractivity contribution in [2.75, 3.05) is 4.90 Å². The average Bonchev–Trinajstić information content (AvgIpc) is 2.72. The Labute approximate surface area is 167 Å². The van der Waals surface area contributed by atoms with Gasteiger partial charge in [0.25, 0.3) is 5.91 Å². The minimum absolute atomic E-state index is 0.331. The van der Waals surface area contributed by atoms with E-state index in [4.69, 9.17) is 23.2 Å². The lowest BCUT2D eigenvalue weighted by Crippen LogP contribution is -2.79. The number of hydrogen-bond acceptors (Lipinski definition) is 2. The molecule has 3 aromatic carbocycles. The Balaban J connectivity index is 2.00. The van der Waals surface area contributed by atoms with Gasteiger partial charge in [0, 0.05) is 11.3 Å². The van der Waals surface area contributed by atoms with Crippen molar-refractivity contribution in [3.8, 4) is 0 Å². The van der Waals surface area contributed by atoms with E-state index >= 15 is 0 Å². The molecule has 3 nitrogen and oxygen atoms in total. The number of alkyl halides is 2. The van der Waals surface area contributed by atoms with Gasteiger partial charge in [0.05, 0.1) is 0 Å². The van der Waals surface area contributed by atoms with Crippen LogP contribution in [0.5, 0.6) is 0 Å². The van der Waals surface area contributed by atoms with Crippen LogP contribution in [0.4, 0.5) is 5.69 Å². The van der Waals surface area contributed by atoms with Crippen molar-refractivity contribution < 1.29 is 9.59 Å². The number of carbonyl (C=O) groups is 2. The first-order valence-electron chi connectivity index (χ1n) is 8.44. The molecule has 27 heavy (non-hydrogen) atoms. The molecule has 1 atom stereocenters. The number of benzene rings is 3. The Morgan fingerprint density at radius 2 is 1.22 bits per heavy atom. The number of β-lactam (4-membered cyclic amide) rings is 1. The molecule has 0 N–H and O–H groups in total. The number of halogens is 2. The van der Waals surface area contributed by atoms with Crippen molar-refractivity contribution in [1.82, 2.24) is 0 Å². The van der Waals surface area contributed by atoms with Gasteiger partial charge in [-0.05, 0) is 17.7 Å². The van der Waals surface area contributed by atoms with Crippen molar-refractivity contribution in [2.45, 2.75) is 9.87 Å². The predicted molar refractivity (Wildman–Crippen MR) is 107 cm³/mol. The number of carbonyl (C=O) groups excluding carboxylic acids is 2. The van der Waals surface area contributed by atoms with Gasteiger partial charge in [-0.15, -0.1) is 0 Å². The number of hydrogen-bond donors (Lipinski definition) is 0. The smallest absolute Gasteiger partial charge is 0.268 e. The highest BCUT2D eigenvalue weighted by atomic mass is 35.5. The molecule has 1 saturated heterocycles. The second-order valence-electron chi connectivity index (χ2n) is 6.32. The topological polar surface area (TPSA) is 37.4 Å². The highest BCUT2D eigenvalue weighted by Crippen LogP contribution is 2.58. The molecule has 0 bridgehead atoms. The fourth-order valence-electron chi connectivity index (χ4n) is 3.59. The van der Waals surface area contributed by atoms with E-state index in [-0.39, 0.29) is 5.78 Å². The maximum absolute atomic E-state index is 13.7. The number of ketones is 1. The third-order valence-corrected chi connectivity index (χ3v) is 5.70. The normalized spacial score (nSPS) is 20.8. The molecule has 4 rings (SSSR count). The molecule has 1 fully saturated rings. The van der Waals surface area contributed by atoms with Gasteiger partial charge in [0.1, 0.15) is 0 Å². The largest absolute Gasteiger partial charge is 0.291 e. The molecule has 134 valence electrons. The summed E-state index contributed by atoms with van der Waals surface area (Å²) in [4.78, 5) is 28.1. The molecule has 5 heteroatoms. The van der Waals surface area contributed by atoms with Crippen molar-refractivity contribution in [3.63, 3.8) is 0 Å². The summed E-state index contributed by atoms with van der Waals surface area (Å²) in [5, 5.41) is 0. The molecule has 0 aliphatic carbocycles. The zero-order valence-electron chi connectivity index (χ0n) is 14.2. The first kappa shape index (κ1) is 17.8. The van der Waals surface area contributed by atoms with E-state index in [0.717, 1.165) is 0 Å². The average molecular weight is 396 g/mol. The van der Waals surface area contributed by atoms with Gasteiger partial charge in [-0.2, -0.15) is 0 Å². The molecule has 1 aliphatic heterocycles. The van der Waals surface area contributed by atoms with Gasteiger partial charge >= 0.3 is 0 Å². The number of amides is 1. The summed E-state index contributed by atoms with van der Waals surface area (Å²) in [5.74, 6) is -0.854. The summed E-state index contributed by atoms with van der Waals surface area (Å²) in [6.45, 7) is 0. The third-order valence-electron chi connectivity index (χ3n) is 4.83. The number of para-hydroxylation sites is 1. The summed E-state index contributed by atoms with van der Waals surface area (Å²) in [5.41, 5.74) is -0.00252. The monoisotopic (exact) mass is 395 g/mol. The molecule has 1 amide bonds. The third kappa shape index (κ3) is 2.43. The van der Waals surface area contributed by atoms with E-state index in [9.17, 15) is 9.59 Å². The van der Waals surface area contributed by atoms with E-state index < -0.39 is 15.8 Å². The van der Waals surface area contributed by atoms with Crippen LogP contribution >= 0.6 is 23.2 Å². The Morgan fingerprint density at radius 3 is 1.78 bits per heavy atom. The Bertz CT molecular complexity index is 991. The van der Waals surface area contributed by atoms with E-state index in [0.29, 0.717) is 16.8 Å². The van der Waals surface area contributed by atoms with Crippen LogP contribution in [-0.2, 0) is 10.3 Å². The summed E-state index contributed by atoms with van der Waals surface area (Å²) in [7, 11) is 0. The molecular formula is C22H15Cl2NO2. The maximum atomic E-state index is 13.7. The van der Waals surface area contributed by atoms with Gasteiger partial charge in [0.15, 0.2) is 11.3 Å². The second kappa shape index (κ2) is 6.52. The first-order chi connectivity index (χ1) is 13.0. The van der Waals surface area contributed by atoms with Crippen LogP contribution in [0.15, 0.2) is 91.0 Å². The Hall–Kier alpha value is -2.62. The van der Waals surface area contributed by atoms with E-state index in [1.807, 2.05) is 18.2 Å². The van der Waals surface area contributed by atoms with Gasteiger partial charge in [0.2, 0.25) is 4.33 Å². The molecule has 0 spiro atoms. The summed E-state index contributed by atoms with van der Waals surface area (Å²) < 4.78 is -1.92. The van der Waals surface area contributed by atoms with Crippen molar-refractivity contribution in [2.24, 2.45) is 0 Å². The zero-order chi connectivity index (χ0) is 19.1. The standard InChI is InChI=1S/C22H15Cl2NO2/c23-22(24)20(27)25(18-14-8-3-9-15-18)21(22,17-12-6-2-7-13-17)19(26)16-10-4-1-5-11-16/h1-15H. The fraction of sp³-hybridized carbons (Fsp3) is 0.0909. The summed E-state index contributed by atoms with van der Waals surface area (Å²) in [6.07, 6.45) is 0. The molecule has 0 aromatic heterocycles. The number of nitrogens with zero attached hydrogens (tertiary/aromatic N) is 1. The zero-order valence-corrected chi connectivity index (χ0v) is 15.7. The maximum Gasteiger partial charge on any atom is 0.268 e. The minimum atomic E-state index is -1.92. The fourth-order valence-corrected chi connectivity index (χ4v) is 4.31. The van der Waals surface area contributed by atoms with Crippen LogP contribution in [0, 0.1) is 0 Å². The molecule has 1 heterocycles. The lowest BCUT2D eigenvalue weighted by Gasteiger charge is -2.58. The predicted octanol–water partition coefficient (Wildman–Crippen LogP) is 4.99. The molecule has 3 aromatic rings. The lowest BCUT2D eigenvalue weighted by molar-refractivity contribution is -0.127. The SMILES string of the molecule is O=C1N(c2ccccc2)C(C(=O)c2ccccc2)(c2ccccc2)C1(Cl)Cl. The molecule has 0 saturated carbocycles. The summed E-state index contributed by atoms with van der Waals surface area (Å²) in [6, 6.07) is 26.7. The number of anilines is 1.